The molecular formula is C30H42LaN2. The van der Waals surface area contributed by atoms with Crippen LogP contribution in [0, 0.1) is 64.3 Å². The molecule has 0 aliphatic rings. The molecule has 4 rings (SSSR count). The quantitative estimate of drug-likeness (QED) is 0.175. The van der Waals surface area contributed by atoms with Crippen molar-refractivity contribution in [3.8, 4) is 11.4 Å². The standard InChI is InChI=1S/2C12H12N.2C2H6.2CH3.La/c2*1-11-7-9-13(10-8-11)12-5-3-2-4-6-12;2*1-2;;;/h2*2-10H,1H3;2*1-2H3;2*1H3;/q2*+1;;;2*-1;. The molecular weight excluding hydrogens is 527 g/mol. The second kappa shape index (κ2) is 21.8. The van der Waals surface area contributed by atoms with Crippen molar-refractivity contribution in [3.05, 3.63) is 136 Å². The van der Waals surface area contributed by atoms with Crippen LogP contribution in [0.3, 0.4) is 0 Å². The Morgan fingerprint density at radius 3 is 0.909 bits per heavy atom. The summed E-state index contributed by atoms with van der Waals surface area (Å²) >= 11 is 0. The molecule has 0 spiro atoms. The first-order valence-electron chi connectivity index (χ1n) is 10.8. The van der Waals surface area contributed by atoms with Crippen molar-refractivity contribution < 1.29 is 44.7 Å². The number of hydrogen-bond acceptors (Lipinski definition) is 0. The average molecular weight is 570 g/mol. The summed E-state index contributed by atoms with van der Waals surface area (Å²) < 4.78 is 4.21. The Labute approximate surface area is 232 Å². The summed E-state index contributed by atoms with van der Waals surface area (Å²) in [7, 11) is 0. The summed E-state index contributed by atoms with van der Waals surface area (Å²) in [6.07, 6.45) is 8.30. The van der Waals surface area contributed by atoms with Gasteiger partial charge in [0.05, 0.1) is 0 Å². The minimum absolute atomic E-state index is 0. The van der Waals surface area contributed by atoms with E-state index >= 15 is 0 Å². The van der Waals surface area contributed by atoms with E-state index in [2.05, 4.69) is 96.3 Å². The number of aryl methyl sites for hydroxylation is 2. The molecule has 0 aliphatic heterocycles. The zero-order valence-corrected chi connectivity index (χ0v) is 25.5. The van der Waals surface area contributed by atoms with E-state index in [4.69, 9.17) is 0 Å². The van der Waals surface area contributed by atoms with Crippen LogP contribution in [0.5, 0.6) is 0 Å². The third kappa shape index (κ3) is 13.3. The molecule has 2 nitrogen and oxygen atoms in total. The molecule has 0 bridgehead atoms. The number of pyridine rings is 2. The van der Waals surface area contributed by atoms with Crippen molar-refractivity contribution in [3.63, 3.8) is 0 Å². The molecule has 2 aromatic heterocycles. The predicted molar refractivity (Wildman–Crippen MR) is 141 cm³/mol. The molecule has 0 amide bonds. The molecule has 0 saturated carbocycles. The van der Waals surface area contributed by atoms with Gasteiger partial charge in [-0.05, 0) is 25.0 Å². The van der Waals surface area contributed by atoms with Gasteiger partial charge in [-0.15, -0.1) is 0 Å². The molecule has 3 heteroatoms. The topological polar surface area (TPSA) is 7.76 Å². The van der Waals surface area contributed by atoms with E-state index in [1.807, 2.05) is 64.1 Å². The Kier molecular flexibility index (Phi) is 23.4. The second-order valence-electron chi connectivity index (χ2n) is 6.24. The van der Waals surface area contributed by atoms with Gasteiger partial charge >= 0.3 is 0 Å². The van der Waals surface area contributed by atoms with E-state index in [9.17, 15) is 0 Å². The molecule has 0 atom stereocenters. The summed E-state index contributed by atoms with van der Waals surface area (Å²) in [4.78, 5) is 0. The van der Waals surface area contributed by atoms with Gasteiger partial charge in [-0.3, -0.25) is 0 Å². The maximum atomic E-state index is 2.10. The smallest absolute Gasteiger partial charge is 0.210 e. The minimum atomic E-state index is 0. The van der Waals surface area contributed by atoms with E-state index in [-0.39, 0.29) is 50.5 Å². The third-order valence-corrected chi connectivity index (χ3v) is 4.10. The fourth-order valence-electron chi connectivity index (χ4n) is 2.55. The number of aromatic nitrogens is 2. The summed E-state index contributed by atoms with van der Waals surface area (Å²) in [5, 5.41) is 0. The van der Waals surface area contributed by atoms with E-state index < -0.39 is 0 Å². The molecule has 0 fully saturated rings. The fraction of sp³-hybridized carbons (Fsp3) is 0.200. The predicted octanol–water partition coefficient (Wildman–Crippen LogP) is 7.50. The fourth-order valence-corrected chi connectivity index (χ4v) is 2.55. The number of nitrogens with zero attached hydrogens (tertiary/aromatic N) is 2. The van der Waals surface area contributed by atoms with Crippen LogP contribution < -0.4 is 9.13 Å². The number of benzene rings is 2. The summed E-state index contributed by atoms with van der Waals surface area (Å²) in [6.45, 7) is 12.2. The van der Waals surface area contributed by atoms with Crippen molar-refractivity contribution in [2.45, 2.75) is 41.5 Å². The van der Waals surface area contributed by atoms with Gasteiger partial charge in [-0.25, -0.2) is 0 Å². The number of rotatable bonds is 2. The zero-order chi connectivity index (χ0) is 22.2. The Morgan fingerprint density at radius 1 is 0.424 bits per heavy atom. The van der Waals surface area contributed by atoms with Crippen molar-refractivity contribution >= 4 is 0 Å². The van der Waals surface area contributed by atoms with Gasteiger partial charge in [0.25, 0.3) is 0 Å². The van der Waals surface area contributed by atoms with Gasteiger partial charge in [0.15, 0.2) is 24.8 Å². The Morgan fingerprint density at radius 2 is 0.667 bits per heavy atom. The van der Waals surface area contributed by atoms with E-state index in [1.165, 1.54) is 22.5 Å². The normalized spacial score (nSPS) is 8.18. The number of hydrogen-bond donors (Lipinski definition) is 0. The molecule has 33 heavy (non-hydrogen) atoms. The molecule has 0 N–H and O–H groups in total. The van der Waals surface area contributed by atoms with Crippen LogP contribution in [0.25, 0.3) is 11.4 Å². The van der Waals surface area contributed by atoms with Gasteiger partial charge in [0.1, 0.15) is 0 Å². The maximum absolute atomic E-state index is 2.10. The number of para-hydroxylation sites is 2. The summed E-state index contributed by atoms with van der Waals surface area (Å²) in [5.41, 5.74) is 4.96. The first-order chi connectivity index (χ1) is 14.7. The SMILES string of the molecule is CC.CC.Cc1cc[n+](-c2ccccc2)cc1.Cc1cc[n+](-c2ccccc2)cc1.[CH3-].[CH3-].[La]. The summed E-state index contributed by atoms with van der Waals surface area (Å²) in [6, 6.07) is 29.0. The summed E-state index contributed by atoms with van der Waals surface area (Å²) in [5.74, 6) is 0. The molecule has 1 radical (unpaired) electrons. The van der Waals surface area contributed by atoms with Crippen LogP contribution in [0.1, 0.15) is 38.8 Å². The monoisotopic (exact) mass is 569 g/mol. The molecule has 4 aromatic rings. The molecule has 175 valence electrons. The first-order valence-corrected chi connectivity index (χ1v) is 10.8. The van der Waals surface area contributed by atoms with E-state index in [1.54, 1.807) is 0 Å². The Balaban J connectivity index is -0.000000439. The van der Waals surface area contributed by atoms with Crippen LogP contribution in [-0.2, 0) is 0 Å². The van der Waals surface area contributed by atoms with Crippen LogP contribution in [0.2, 0.25) is 0 Å². The van der Waals surface area contributed by atoms with Crippen LogP contribution in [-0.4, -0.2) is 0 Å². The first kappa shape index (κ1) is 35.5. The third-order valence-electron chi connectivity index (χ3n) is 4.10. The molecule has 0 saturated heterocycles. The molecule has 2 heterocycles. The van der Waals surface area contributed by atoms with Crippen LogP contribution >= 0.6 is 0 Å². The van der Waals surface area contributed by atoms with Crippen LogP contribution in [0.15, 0.2) is 110 Å². The van der Waals surface area contributed by atoms with Crippen molar-refractivity contribution in [1.82, 2.24) is 0 Å². The van der Waals surface area contributed by atoms with Crippen molar-refractivity contribution in [1.29, 1.82) is 0 Å². The van der Waals surface area contributed by atoms with Gasteiger partial charge in [-0.2, -0.15) is 9.13 Å². The average Bonchev–Trinajstić information content (AvgIpc) is 2.84. The van der Waals surface area contributed by atoms with Gasteiger partial charge in [0, 0.05) is 84.1 Å². The van der Waals surface area contributed by atoms with Crippen molar-refractivity contribution in [2.75, 3.05) is 0 Å². The Hall–Kier alpha value is -2.07. The van der Waals surface area contributed by atoms with Crippen molar-refractivity contribution in [2.24, 2.45) is 0 Å². The van der Waals surface area contributed by atoms with Crippen LogP contribution in [0.4, 0.5) is 0 Å². The molecule has 0 aliphatic carbocycles. The molecule has 2 aromatic carbocycles. The van der Waals surface area contributed by atoms with Gasteiger partial charge in [-0.1, -0.05) is 64.1 Å². The Bertz CT molecular complexity index is 839. The largest absolute Gasteiger partial charge is 0.358 e. The molecule has 0 unspecified atom stereocenters. The zero-order valence-electron chi connectivity index (χ0n) is 21.9. The maximum Gasteiger partial charge on any atom is 0.210 e. The second-order valence-corrected chi connectivity index (χ2v) is 6.24. The van der Waals surface area contributed by atoms with E-state index in [0.717, 1.165) is 0 Å². The van der Waals surface area contributed by atoms with Gasteiger partial charge in [0.2, 0.25) is 11.4 Å². The van der Waals surface area contributed by atoms with Gasteiger partial charge < -0.3 is 14.9 Å². The minimum Gasteiger partial charge on any atom is -0.358 e. The van der Waals surface area contributed by atoms with E-state index in [0.29, 0.717) is 0 Å².